The van der Waals surface area contributed by atoms with Crippen molar-refractivity contribution in [3.05, 3.63) is 65.9 Å². The van der Waals surface area contributed by atoms with Gasteiger partial charge in [-0.3, -0.25) is 0 Å². The van der Waals surface area contributed by atoms with Crippen LogP contribution in [0.5, 0.6) is 5.75 Å². The fourth-order valence-electron chi connectivity index (χ4n) is 4.27. The molecule has 148 valence electrons. The Morgan fingerprint density at radius 3 is 2.86 bits per heavy atom. The van der Waals surface area contributed by atoms with E-state index in [0.29, 0.717) is 6.61 Å². The second-order valence-corrected chi connectivity index (χ2v) is 7.80. The van der Waals surface area contributed by atoms with E-state index in [0.717, 1.165) is 34.3 Å². The number of urea groups is 1. The summed E-state index contributed by atoms with van der Waals surface area (Å²) >= 11 is 0. The van der Waals surface area contributed by atoms with Crippen molar-refractivity contribution in [2.45, 2.75) is 30.2 Å². The topological polar surface area (TPSA) is 104 Å². The van der Waals surface area contributed by atoms with Crippen molar-refractivity contribution < 1.29 is 24.0 Å². The van der Waals surface area contributed by atoms with Gasteiger partial charge in [0.05, 0.1) is 17.6 Å². The van der Waals surface area contributed by atoms with Crippen LogP contribution in [0.2, 0.25) is 0 Å². The number of rotatable bonds is 5. The van der Waals surface area contributed by atoms with Gasteiger partial charge >= 0.3 is 13.1 Å². The van der Waals surface area contributed by atoms with Crippen LogP contribution in [0.25, 0.3) is 11.0 Å². The van der Waals surface area contributed by atoms with Crippen molar-refractivity contribution in [2.75, 3.05) is 6.61 Å². The molecule has 29 heavy (non-hydrogen) atoms. The number of hydrogen-bond donors (Lipinski definition) is 4. The van der Waals surface area contributed by atoms with E-state index in [1.54, 1.807) is 6.26 Å². The second-order valence-electron chi connectivity index (χ2n) is 7.80. The van der Waals surface area contributed by atoms with E-state index in [1.807, 2.05) is 48.5 Å². The molecule has 1 fully saturated rings. The standard InChI is InChI=1S/C21H21BN2O5/c25-20(23-18-10-21(18)12-29-17-8-4-2-6-15(17)21)24-19(22(26)27)9-13-11-28-16-7-3-1-5-14(13)16/h1-8,11,18-19,26-27H,9-10,12H2,(H2,23,24,25)/t18?,19-,21?/m0/s1. The number of para-hydroxylation sites is 2. The van der Waals surface area contributed by atoms with E-state index < -0.39 is 19.1 Å². The van der Waals surface area contributed by atoms with E-state index in [2.05, 4.69) is 10.6 Å². The van der Waals surface area contributed by atoms with E-state index in [-0.39, 0.29) is 17.9 Å². The highest BCUT2D eigenvalue weighted by atomic mass is 16.5. The number of ether oxygens (including phenoxy) is 1. The van der Waals surface area contributed by atoms with Gasteiger partial charge in [0, 0.05) is 17.0 Å². The summed E-state index contributed by atoms with van der Waals surface area (Å²) in [6.45, 7) is 0.546. The second kappa shape index (κ2) is 6.82. The predicted octanol–water partition coefficient (Wildman–Crippen LogP) is 1.76. The third kappa shape index (κ3) is 3.14. The molecule has 2 aromatic carbocycles. The molecule has 2 amide bonds. The van der Waals surface area contributed by atoms with E-state index in [1.165, 1.54) is 0 Å². The molecule has 1 spiro atoms. The molecule has 0 bridgehead atoms. The number of carbonyl (C=O) groups is 1. The molecule has 3 aromatic rings. The SMILES string of the molecule is O=C(NC1CC12COc1ccccc12)N[C@@H](Cc1coc2ccccc12)B(O)O. The van der Waals surface area contributed by atoms with Crippen LogP contribution in [-0.4, -0.2) is 41.8 Å². The van der Waals surface area contributed by atoms with Crippen LogP contribution >= 0.6 is 0 Å². The Morgan fingerprint density at radius 2 is 2.00 bits per heavy atom. The molecule has 4 N–H and O–H groups in total. The fourth-order valence-corrected chi connectivity index (χ4v) is 4.27. The van der Waals surface area contributed by atoms with Crippen LogP contribution in [0.3, 0.4) is 0 Å². The Labute approximate surface area is 167 Å². The van der Waals surface area contributed by atoms with Gasteiger partial charge in [-0.2, -0.15) is 0 Å². The Morgan fingerprint density at radius 1 is 1.21 bits per heavy atom. The summed E-state index contributed by atoms with van der Waals surface area (Å²) < 4.78 is 11.3. The summed E-state index contributed by atoms with van der Waals surface area (Å²) in [5, 5.41) is 26.1. The highest BCUT2D eigenvalue weighted by Gasteiger charge is 2.60. The molecule has 1 saturated carbocycles. The van der Waals surface area contributed by atoms with Gasteiger partial charge in [0.15, 0.2) is 0 Å². The van der Waals surface area contributed by atoms with Crippen molar-refractivity contribution in [1.29, 1.82) is 0 Å². The molecule has 1 aliphatic heterocycles. The van der Waals surface area contributed by atoms with Crippen molar-refractivity contribution >= 4 is 24.1 Å². The van der Waals surface area contributed by atoms with Crippen molar-refractivity contribution in [3.8, 4) is 5.75 Å². The molecule has 8 heteroatoms. The van der Waals surface area contributed by atoms with Crippen LogP contribution in [0.1, 0.15) is 17.5 Å². The minimum absolute atomic E-state index is 0.0441. The van der Waals surface area contributed by atoms with Gasteiger partial charge < -0.3 is 29.8 Å². The molecule has 2 heterocycles. The summed E-state index contributed by atoms with van der Waals surface area (Å²) in [6.07, 6.45) is 2.63. The van der Waals surface area contributed by atoms with E-state index in [9.17, 15) is 14.8 Å². The number of hydrogen-bond acceptors (Lipinski definition) is 5. The molecular formula is C21H21BN2O5. The number of carbonyl (C=O) groups excluding carboxylic acids is 1. The number of nitrogens with one attached hydrogen (secondary N) is 2. The summed E-state index contributed by atoms with van der Waals surface area (Å²) in [4.78, 5) is 12.5. The number of fused-ring (bicyclic) bond motifs is 3. The van der Waals surface area contributed by atoms with Crippen LogP contribution in [0.15, 0.2) is 59.2 Å². The Kier molecular flexibility index (Phi) is 4.26. The molecular weight excluding hydrogens is 371 g/mol. The maximum absolute atomic E-state index is 12.5. The van der Waals surface area contributed by atoms with Crippen LogP contribution in [0, 0.1) is 0 Å². The van der Waals surface area contributed by atoms with Crippen LogP contribution in [0.4, 0.5) is 4.79 Å². The Bertz CT molecular complexity index is 1070. The fraction of sp³-hybridized carbons (Fsp3) is 0.286. The highest BCUT2D eigenvalue weighted by molar-refractivity contribution is 6.43. The van der Waals surface area contributed by atoms with Crippen molar-refractivity contribution in [3.63, 3.8) is 0 Å². The van der Waals surface area contributed by atoms with Gasteiger partial charge in [-0.15, -0.1) is 0 Å². The quantitative estimate of drug-likeness (QED) is 0.496. The predicted molar refractivity (Wildman–Crippen MR) is 108 cm³/mol. The van der Waals surface area contributed by atoms with Crippen molar-refractivity contribution in [2.24, 2.45) is 0 Å². The lowest BCUT2D eigenvalue weighted by Gasteiger charge is -2.18. The summed E-state index contributed by atoms with van der Waals surface area (Å²) in [7, 11) is -1.70. The van der Waals surface area contributed by atoms with Crippen molar-refractivity contribution in [1.82, 2.24) is 10.6 Å². The zero-order valence-corrected chi connectivity index (χ0v) is 15.7. The normalized spacial score (nSPS) is 22.8. The number of benzene rings is 2. The lowest BCUT2D eigenvalue weighted by atomic mass is 9.76. The Hall–Kier alpha value is -2.97. The maximum Gasteiger partial charge on any atom is 0.475 e. The first-order chi connectivity index (χ1) is 14.1. The first-order valence-corrected chi connectivity index (χ1v) is 9.67. The zero-order valence-electron chi connectivity index (χ0n) is 15.7. The molecule has 0 saturated heterocycles. The summed E-state index contributed by atoms with van der Waals surface area (Å²) in [6, 6.07) is 14.9. The lowest BCUT2D eigenvalue weighted by Crippen LogP contribution is -2.52. The minimum atomic E-state index is -1.70. The first-order valence-electron chi connectivity index (χ1n) is 9.67. The zero-order chi connectivity index (χ0) is 20.0. The first kappa shape index (κ1) is 18.1. The summed E-state index contributed by atoms with van der Waals surface area (Å²) in [5.74, 6) is 0.00511. The third-order valence-corrected chi connectivity index (χ3v) is 5.97. The molecule has 5 rings (SSSR count). The van der Waals surface area contributed by atoms with E-state index in [4.69, 9.17) is 9.15 Å². The van der Waals surface area contributed by atoms with Gasteiger partial charge in [0.2, 0.25) is 0 Å². The average Bonchev–Trinajstić information content (AvgIpc) is 3.06. The number of furan rings is 1. The number of amides is 2. The van der Waals surface area contributed by atoms with Crippen LogP contribution < -0.4 is 15.4 Å². The molecule has 2 unspecified atom stereocenters. The minimum Gasteiger partial charge on any atom is -0.492 e. The Balaban J connectivity index is 1.25. The molecule has 2 aliphatic rings. The van der Waals surface area contributed by atoms with Gasteiger partial charge in [-0.1, -0.05) is 36.4 Å². The van der Waals surface area contributed by atoms with Gasteiger partial charge in [0.1, 0.15) is 17.9 Å². The van der Waals surface area contributed by atoms with Gasteiger partial charge in [-0.05, 0) is 30.5 Å². The third-order valence-electron chi connectivity index (χ3n) is 5.97. The average molecular weight is 392 g/mol. The molecule has 0 radical (unpaired) electrons. The highest BCUT2D eigenvalue weighted by Crippen LogP contribution is 2.55. The monoisotopic (exact) mass is 392 g/mol. The molecule has 1 aromatic heterocycles. The molecule has 3 atom stereocenters. The smallest absolute Gasteiger partial charge is 0.475 e. The van der Waals surface area contributed by atoms with E-state index >= 15 is 0 Å². The molecule has 7 nitrogen and oxygen atoms in total. The summed E-state index contributed by atoms with van der Waals surface area (Å²) in [5.41, 5.74) is 2.47. The molecule has 1 aliphatic carbocycles. The van der Waals surface area contributed by atoms with Gasteiger partial charge in [-0.25, -0.2) is 4.79 Å². The lowest BCUT2D eigenvalue weighted by molar-refractivity contribution is 0.235. The van der Waals surface area contributed by atoms with Gasteiger partial charge in [0.25, 0.3) is 0 Å². The van der Waals surface area contributed by atoms with Crippen LogP contribution in [-0.2, 0) is 11.8 Å². The maximum atomic E-state index is 12.5. The largest absolute Gasteiger partial charge is 0.492 e.